The molecule has 1 amide bonds. The molecule has 5 rings (SSSR count). The minimum atomic E-state index is -4.64. The Morgan fingerprint density at radius 3 is 2.37 bits per heavy atom. The average molecular weight is 539 g/mol. The summed E-state index contributed by atoms with van der Waals surface area (Å²) < 4.78 is 45.4. The van der Waals surface area contributed by atoms with Crippen LogP contribution in [0.15, 0.2) is 61.2 Å². The molecule has 3 heterocycles. The molecule has 0 spiro atoms. The van der Waals surface area contributed by atoms with E-state index in [9.17, 15) is 18.0 Å². The quantitative estimate of drug-likeness (QED) is 0.295. The van der Waals surface area contributed by atoms with Crippen LogP contribution in [-0.2, 0) is 6.18 Å². The number of benzene rings is 2. The Balaban J connectivity index is 1.53. The summed E-state index contributed by atoms with van der Waals surface area (Å²) in [5, 5.41) is 8.94. The molecule has 8 nitrogen and oxygen atoms in total. The third kappa shape index (κ3) is 4.94. The van der Waals surface area contributed by atoms with Crippen molar-refractivity contribution in [1.82, 2.24) is 30.0 Å². The molecule has 1 atom stereocenters. The number of methoxy groups -OCH3 is 1. The van der Waals surface area contributed by atoms with Gasteiger partial charge in [-0.15, -0.1) is 11.3 Å². The zero-order valence-corrected chi connectivity index (χ0v) is 21.3. The number of hydrogen-bond acceptors (Lipinski definition) is 7. The molecular weight excluding hydrogens is 517 g/mol. The van der Waals surface area contributed by atoms with Gasteiger partial charge < -0.3 is 10.1 Å². The van der Waals surface area contributed by atoms with Gasteiger partial charge in [-0.05, 0) is 50.2 Å². The van der Waals surface area contributed by atoms with Gasteiger partial charge in [-0.1, -0.05) is 0 Å². The van der Waals surface area contributed by atoms with Crippen molar-refractivity contribution in [3.8, 4) is 22.0 Å². The van der Waals surface area contributed by atoms with Gasteiger partial charge in [0.15, 0.2) is 0 Å². The fourth-order valence-electron chi connectivity index (χ4n) is 3.91. The fraction of sp³-hybridized carbons (Fsp3) is 0.192. The second-order valence-electron chi connectivity index (χ2n) is 8.52. The molecule has 5 aromatic rings. The molecule has 0 aliphatic heterocycles. The highest BCUT2D eigenvalue weighted by atomic mass is 32.1. The minimum Gasteiger partial charge on any atom is -0.497 e. The zero-order valence-electron chi connectivity index (χ0n) is 20.4. The van der Waals surface area contributed by atoms with E-state index >= 15 is 0 Å². The molecule has 2 aromatic carbocycles. The van der Waals surface area contributed by atoms with Crippen LogP contribution in [0.5, 0.6) is 5.75 Å². The Bertz CT molecular complexity index is 1610. The highest BCUT2D eigenvalue weighted by molar-refractivity contribution is 7.15. The maximum Gasteiger partial charge on any atom is 0.451 e. The van der Waals surface area contributed by atoms with E-state index in [0.29, 0.717) is 22.4 Å². The smallest absolute Gasteiger partial charge is 0.451 e. The summed E-state index contributed by atoms with van der Waals surface area (Å²) in [6.45, 7) is 3.60. The number of alkyl halides is 3. The molecule has 38 heavy (non-hydrogen) atoms. The van der Waals surface area contributed by atoms with Crippen LogP contribution in [0.1, 0.15) is 39.6 Å². The standard InChI is InChI=1S/C26H21F3N6O2S/c1-14-10-30-24(38-14)20-8-16(23(36)34-15(2)17-11-31-25(32-12-17)26(27,28)29)9-22-21(20)13-33-35(22)18-4-6-19(37-3)7-5-18/h4-13,15H,1-3H3,(H,34,36). The summed E-state index contributed by atoms with van der Waals surface area (Å²) in [6.07, 6.45) is 0.978. The van der Waals surface area contributed by atoms with Crippen molar-refractivity contribution >= 4 is 28.1 Å². The van der Waals surface area contributed by atoms with Gasteiger partial charge >= 0.3 is 6.18 Å². The van der Waals surface area contributed by atoms with Gasteiger partial charge in [0.25, 0.3) is 5.91 Å². The summed E-state index contributed by atoms with van der Waals surface area (Å²) in [5.74, 6) is -0.956. The van der Waals surface area contributed by atoms with Gasteiger partial charge in [-0.25, -0.2) is 19.6 Å². The first-order chi connectivity index (χ1) is 18.1. The van der Waals surface area contributed by atoms with Crippen molar-refractivity contribution in [2.24, 2.45) is 0 Å². The second kappa shape index (κ2) is 9.86. The molecule has 0 bridgehead atoms. The van der Waals surface area contributed by atoms with E-state index in [1.807, 2.05) is 31.2 Å². The van der Waals surface area contributed by atoms with Crippen molar-refractivity contribution in [3.05, 3.63) is 83.0 Å². The van der Waals surface area contributed by atoms with E-state index in [4.69, 9.17) is 4.74 Å². The summed E-state index contributed by atoms with van der Waals surface area (Å²) >= 11 is 1.50. The number of aryl methyl sites for hydroxylation is 1. The number of halogens is 3. The normalized spacial score (nSPS) is 12.5. The van der Waals surface area contributed by atoms with Crippen molar-refractivity contribution < 1.29 is 22.7 Å². The Hall–Kier alpha value is -4.32. The molecule has 3 aromatic heterocycles. The molecule has 194 valence electrons. The van der Waals surface area contributed by atoms with Crippen LogP contribution < -0.4 is 10.1 Å². The SMILES string of the molecule is COc1ccc(-n2ncc3c(-c4ncc(C)s4)cc(C(=O)NC(C)c4cnc(C(F)(F)F)nc4)cc32)cc1. The first-order valence-electron chi connectivity index (χ1n) is 11.4. The third-order valence-electron chi connectivity index (χ3n) is 5.89. The van der Waals surface area contributed by atoms with E-state index in [1.165, 1.54) is 11.3 Å². The molecule has 1 N–H and O–H groups in total. The number of nitrogens with zero attached hydrogens (tertiary/aromatic N) is 5. The molecule has 0 saturated carbocycles. The Labute approximate surface area is 219 Å². The van der Waals surface area contributed by atoms with E-state index < -0.39 is 23.9 Å². The van der Waals surface area contributed by atoms with Crippen LogP contribution in [0.25, 0.3) is 27.2 Å². The molecule has 0 aliphatic carbocycles. The van der Waals surface area contributed by atoms with Crippen molar-refractivity contribution in [2.75, 3.05) is 7.11 Å². The van der Waals surface area contributed by atoms with Gasteiger partial charge in [-0.3, -0.25) is 4.79 Å². The van der Waals surface area contributed by atoms with Crippen molar-refractivity contribution in [2.45, 2.75) is 26.1 Å². The summed E-state index contributed by atoms with van der Waals surface area (Å²) in [5.41, 5.74) is 2.89. The molecular formula is C26H21F3N6O2S. The summed E-state index contributed by atoms with van der Waals surface area (Å²) in [6, 6.07) is 10.2. The number of carbonyl (C=O) groups excluding carboxylic acids is 1. The summed E-state index contributed by atoms with van der Waals surface area (Å²) in [4.78, 5) is 25.6. The molecule has 1 unspecified atom stereocenters. The van der Waals surface area contributed by atoms with E-state index in [1.54, 1.807) is 43.2 Å². The number of amides is 1. The van der Waals surface area contributed by atoms with Crippen molar-refractivity contribution in [3.63, 3.8) is 0 Å². The lowest BCUT2D eigenvalue weighted by atomic mass is 10.0. The van der Waals surface area contributed by atoms with Crippen LogP contribution in [-0.4, -0.2) is 37.7 Å². The van der Waals surface area contributed by atoms with Crippen LogP contribution in [0, 0.1) is 6.92 Å². The third-order valence-corrected chi connectivity index (χ3v) is 6.84. The molecule has 0 aliphatic rings. The van der Waals surface area contributed by atoms with Gasteiger partial charge in [0.1, 0.15) is 10.8 Å². The monoisotopic (exact) mass is 538 g/mol. The van der Waals surface area contributed by atoms with Gasteiger partial charge in [-0.2, -0.15) is 18.3 Å². The van der Waals surface area contributed by atoms with E-state index in [2.05, 4.69) is 25.4 Å². The molecule has 12 heteroatoms. The topological polar surface area (TPSA) is 94.8 Å². The fourth-order valence-corrected chi connectivity index (χ4v) is 4.71. The zero-order chi connectivity index (χ0) is 27.0. The second-order valence-corrected chi connectivity index (χ2v) is 9.75. The van der Waals surface area contributed by atoms with E-state index in [-0.39, 0.29) is 0 Å². The number of ether oxygens (including phenoxy) is 1. The minimum absolute atomic E-state index is 0.339. The summed E-state index contributed by atoms with van der Waals surface area (Å²) in [7, 11) is 1.59. The highest BCUT2D eigenvalue weighted by Crippen LogP contribution is 2.34. The number of carbonyl (C=O) groups is 1. The predicted octanol–water partition coefficient (Wildman–Crippen LogP) is 5.77. The predicted molar refractivity (Wildman–Crippen MR) is 136 cm³/mol. The molecule has 0 fully saturated rings. The molecule has 0 saturated heterocycles. The van der Waals surface area contributed by atoms with Crippen LogP contribution >= 0.6 is 11.3 Å². The van der Waals surface area contributed by atoms with Gasteiger partial charge in [0.05, 0.1) is 30.6 Å². The lowest BCUT2D eigenvalue weighted by Crippen LogP contribution is -2.27. The number of fused-ring (bicyclic) bond motifs is 1. The number of thiazole rings is 1. The number of hydrogen-bond donors (Lipinski definition) is 1. The van der Waals surface area contributed by atoms with E-state index in [0.717, 1.165) is 38.9 Å². The lowest BCUT2D eigenvalue weighted by molar-refractivity contribution is -0.145. The van der Waals surface area contributed by atoms with Crippen LogP contribution in [0.2, 0.25) is 0 Å². The Kier molecular flexibility index (Phi) is 6.57. The van der Waals surface area contributed by atoms with Gasteiger partial charge in [0.2, 0.25) is 5.82 Å². The van der Waals surface area contributed by atoms with Crippen LogP contribution in [0.3, 0.4) is 0 Å². The lowest BCUT2D eigenvalue weighted by Gasteiger charge is -2.15. The van der Waals surface area contributed by atoms with Gasteiger partial charge in [0, 0.05) is 45.5 Å². The average Bonchev–Trinajstić information content (AvgIpc) is 3.54. The first kappa shape index (κ1) is 25.3. The van der Waals surface area contributed by atoms with Crippen molar-refractivity contribution in [1.29, 1.82) is 0 Å². The largest absolute Gasteiger partial charge is 0.497 e. The van der Waals surface area contributed by atoms with Crippen LogP contribution in [0.4, 0.5) is 13.2 Å². The number of rotatable bonds is 6. The maximum absolute atomic E-state index is 13.3. The number of aromatic nitrogens is 5. The highest BCUT2D eigenvalue weighted by Gasteiger charge is 2.34. The maximum atomic E-state index is 13.3. The Morgan fingerprint density at radius 1 is 1.05 bits per heavy atom. The first-order valence-corrected chi connectivity index (χ1v) is 12.2. The Morgan fingerprint density at radius 2 is 1.76 bits per heavy atom. The number of nitrogens with one attached hydrogen (secondary N) is 1. The molecule has 0 radical (unpaired) electrons.